The molecule has 0 saturated heterocycles. The predicted molar refractivity (Wildman–Crippen MR) is 74.4 cm³/mol. The fraction of sp³-hybridized carbons (Fsp3) is 0.500. The molecule has 16 heavy (non-hydrogen) atoms. The lowest BCUT2D eigenvalue weighted by Gasteiger charge is -2.19. The summed E-state index contributed by atoms with van der Waals surface area (Å²) in [5.74, 6) is 1.48. The van der Waals surface area contributed by atoms with Crippen molar-refractivity contribution in [2.24, 2.45) is 5.92 Å². The van der Waals surface area contributed by atoms with Crippen molar-refractivity contribution < 1.29 is 4.74 Å². The van der Waals surface area contributed by atoms with Crippen molar-refractivity contribution in [1.29, 1.82) is 0 Å². The SMILES string of the molecule is COc1c(Cl)cc(C(C)C(C)CBr)cc1Cl. The summed E-state index contributed by atoms with van der Waals surface area (Å²) in [6.07, 6.45) is 0. The van der Waals surface area contributed by atoms with Gasteiger partial charge in [0.1, 0.15) is 0 Å². The van der Waals surface area contributed by atoms with Crippen LogP contribution in [0.15, 0.2) is 12.1 Å². The van der Waals surface area contributed by atoms with Gasteiger partial charge in [0.2, 0.25) is 0 Å². The molecule has 0 spiro atoms. The molecule has 1 aromatic carbocycles. The van der Waals surface area contributed by atoms with Gasteiger partial charge in [-0.05, 0) is 29.5 Å². The molecule has 4 heteroatoms. The number of rotatable bonds is 4. The van der Waals surface area contributed by atoms with Gasteiger partial charge in [-0.3, -0.25) is 0 Å². The normalized spacial score (nSPS) is 14.6. The third kappa shape index (κ3) is 3.06. The summed E-state index contributed by atoms with van der Waals surface area (Å²) < 4.78 is 5.12. The number of halogens is 3. The molecule has 0 bridgehead atoms. The summed E-state index contributed by atoms with van der Waals surface area (Å²) in [6.45, 7) is 4.35. The van der Waals surface area contributed by atoms with Gasteiger partial charge in [0.15, 0.2) is 5.75 Å². The van der Waals surface area contributed by atoms with Crippen LogP contribution in [-0.4, -0.2) is 12.4 Å². The smallest absolute Gasteiger partial charge is 0.156 e. The highest BCUT2D eigenvalue weighted by atomic mass is 79.9. The maximum Gasteiger partial charge on any atom is 0.156 e. The second-order valence-electron chi connectivity index (χ2n) is 3.94. The molecule has 0 aliphatic heterocycles. The number of methoxy groups -OCH3 is 1. The first-order chi connectivity index (χ1) is 7.51. The van der Waals surface area contributed by atoms with Crippen molar-refractivity contribution in [3.63, 3.8) is 0 Å². The lowest BCUT2D eigenvalue weighted by Crippen LogP contribution is -2.07. The molecule has 0 amide bonds. The van der Waals surface area contributed by atoms with Crippen LogP contribution < -0.4 is 4.74 Å². The maximum absolute atomic E-state index is 6.11. The molecule has 0 aliphatic rings. The van der Waals surface area contributed by atoms with E-state index in [1.165, 1.54) is 0 Å². The maximum atomic E-state index is 6.11. The quantitative estimate of drug-likeness (QED) is 0.697. The van der Waals surface area contributed by atoms with Crippen LogP contribution in [0.1, 0.15) is 25.3 Å². The molecule has 1 rings (SSSR count). The van der Waals surface area contributed by atoms with Crippen molar-refractivity contribution in [1.82, 2.24) is 0 Å². The van der Waals surface area contributed by atoms with E-state index < -0.39 is 0 Å². The van der Waals surface area contributed by atoms with Gasteiger partial charge in [0.05, 0.1) is 17.2 Å². The van der Waals surface area contributed by atoms with Crippen LogP contribution in [0.3, 0.4) is 0 Å². The molecule has 0 heterocycles. The van der Waals surface area contributed by atoms with E-state index in [2.05, 4.69) is 29.8 Å². The highest BCUT2D eigenvalue weighted by molar-refractivity contribution is 9.09. The first kappa shape index (κ1) is 14.1. The standard InChI is InChI=1S/C12H15BrCl2O/c1-7(6-13)8(2)9-4-10(14)12(16-3)11(15)5-9/h4-5,7-8H,6H2,1-3H3. The largest absolute Gasteiger partial charge is 0.494 e. The zero-order chi connectivity index (χ0) is 12.3. The van der Waals surface area contributed by atoms with Crippen LogP contribution in [0.25, 0.3) is 0 Å². The summed E-state index contributed by atoms with van der Waals surface area (Å²) in [4.78, 5) is 0. The molecular formula is C12H15BrCl2O. The molecule has 0 radical (unpaired) electrons. The molecule has 0 saturated carbocycles. The summed E-state index contributed by atoms with van der Waals surface area (Å²) in [7, 11) is 1.57. The van der Waals surface area contributed by atoms with E-state index in [-0.39, 0.29) is 0 Å². The molecule has 1 nitrogen and oxygen atoms in total. The second kappa shape index (κ2) is 6.13. The van der Waals surface area contributed by atoms with Gasteiger partial charge in [0.25, 0.3) is 0 Å². The van der Waals surface area contributed by atoms with E-state index >= 15 is 0 Å². The number of benzene rings is 1. The molecule has 0 N–H and O–H groups in total. The Morgan fingerprint density at radius 3 is 2.12 bits per heavy atom. The van der Waals surface area contributed by atoms with Crippen LogP contribution in [0.4, 0.5) is 0 Å². The monoisotopic (exact) mass is 324 g/mol. The Morgan fingerprint density at radius 1 is 1.25 bits per heavy atom. The van der Waals surface area contributed by atoms with E-state index in [0.29, 0.717) is 27.6 Å². The van der Waals surface area contributed by atoms with Crippen molar-refractivity contribution in [2.75, 3.05) is 12.4 Å². The topological polar surface area (TPSA) is 9.23 Å². The van der Waals surface area contributed by atoms with Crippen LogP contribution >= 0.6 is 39.1 Å². The van der Waals surface area contributed by atoms with Crippen LogP contribution in [0.5, 0.6) is 5.75 Å². The van der Waals surface area contributed by atoms with Gasteiger partial charge < -0.3 is 4.74 Å². The van der Waals surface area contributed by atoms with Gasteiger partial charge in [0, 0.05) is 5.33 Å². The molecule has 0 fully saturated rings. The lowest BCUT2D eigenvalue weighted by molar-refractivity contribution is 0.414. The van der Waals surface area contributed by atoms with Crippen LogP contribution in [-0.2, 0) is 0 Å². The zero-order valence-corrected chi connectivity index (χ0v) is 12.7. The van der Waals surface area contributed by atoms with Gasteiger partial charge in [-0.15, -0.1) is 0 Å². The van der Waals surface area contributed by atoms with Crippen LogP contribution in [0, 0.1) is 5.92 Å². The molecule has 90 valence electrons. The van der Waals surface area contributed by atoms with Crippen molar-refractivity contribution in [2.45, 2.75) is 19.8 Å². The minimum absolute atomic E-state index is 0.403. The van der Waals surface area contributed by atoms with E-state index in [9.17, 15) is 0 Å². The van der Waals surface area contributed by atoms with Crippen LogP contribution in [0.2, 0.25) is 10.0 Å². The van der Waals surface area contributed by atoms with E-state index in [4.69, 9.17) is 27.9 Å². The van der Waals surface area contributed by atoms with E-state index in [1.807, 2.05) is 12.1 Å². The average Bonchev–Trinajstić information content (AvgIpc) is 2.26. The Hall–Kier alpha value is 0.0800. The number of alkyl halides is 1. The molecule has 2 unspecified atom stereocenters. The summed E-state index contributed by atoms with van der Waals surface area (Å²) in [5, 5.41) is 2.09. The zero-order valence-electron chi connectivity index (χ0n) is 9.56. The Balaban J connectivity index is 3.08. The minimum Gasteiger partial charge on any atom is -0.494 e. The van der Waals surface area contributed by atoms with E-state index in [0.717, 1.165) is 10.9 Å². The molecule has 1 aromatic rings. The summed E-state index contributed by atoms with van der Waals surface area (Å²) in [5.41, 5.74) is 1.14. The van der Waals surface area contributed by atoms with Gasteiger partial charge in [-0.2, -0.15) is 0 Å². The Labute approximate surface area is 115 Å². The third-order valence-corrected chi connectivity index (χ3v) is 4.43. The highest BCUT2D eigenvalue weighted by Crippen LogP contribution is 2.37. The van der Waals surface area contributed by atoms with E-state index in [1.54, 1.807) is 7.11 Å². The number of ether oxygens (including phenoxy) is 1. The fourth-order valence-electron chi connectivity index (χ4n) is 1.50. The Bertz CT molecular complexity index is 345. The first-order valence-corrected chi connectivity index (χ1v) is 6.97. The fourth-order valence-corrected chi connectivity index (χ4v) is 2.72. The van der Waals surface area contributed by atoms with Crippen molar-refractivity contribution >= 4 is 39.1 Å². The molecule has 2 atom stereocenters. The average molecular weight is 326 g/mol. The van der Waals surface area contributed by atoms with Gasteiger partial charge in [-0.25, -0.2) is 0 Å². The predicted octanol–water partition coefficient (Wildman–Crippen LogP) is 5.14. The molecule has 0 aliphatic carbocycles. The van der Waals surface area contributed by atoms with Crippen molar-refractivity contribution in [3.8, 4) is 5.75 Å². The van der Waals surface area contributed by atoms with Gasteiger partial charge in [-0.1, -0.05) is 53.0 Å². The Kier molecular flexibility index (Phi) is 5.42. The first-order valence-electron chi connectivity index (χ1n) is 5.10. The minimum atomic E-state index is 0.403. The summed E-state index contributed by atoms with van der Waals surface area (Å²) in [6, 6.07) is 3.85. The Morgan fingerprint density at radius 2 is 1.75 bits per heavy atom. The highest BCUT2D eigenvalue weighted by Gasteiger charge is 2.17. The summed E-state index contributed by atoms with van der Waals surface area (Å²) >= 11 is 15.7. The lowest BCUT2D eigenvalue weighted by atomic mass is 9.90. The number of hydrogen-bond donors (Lipinski definition) is 0. The molecular weight excluding hydrogens is 311 g/mol. The third-order valence-electron chi connectivity index (χ3n) is 2.85. The van der Waals surface area contributed by atoms with Gasteiger partial charge >= 0.3 is 0 Å². The molecule has 0 aromatic heterocycles. The van der Waals surface area contributed by atoms with Crippen molar-refractivity contribution in [3.05, 3.63) is 27.7 Å². The second-order valence-corrected chi connectivity index (χ2v) is 5.40. The number of hydrogen-bond acceptors (Lipinski definition) is 1.